The summed E-state index contributed by atoms with van der Waals surface area (Å²) in [6.45, 7) is 9.45. The molecule has 0 N–H and O–H groups in total. The molecule has 1 fully saturated rings. The summed E-state index contributed by atoms with van der Waals surface area (Å²) in [5.74, 6) is -0.572. The fourth-order valence-electron chi connectivity index (χ4n) is 3.65. The Morgan fingerprint density at radius 2 is 1.90 bits per heavy atom. The van der Waals surface area contributed by atoms with Crippen molar-refractivity contribution in [3.63, 3.8) is 0 Å². The molecule has 162 valence electrons. The highest BCUT2D eigenvalue weighted by atomic mass is 32.2. The SMILES string of the molecule is COS(=O)(=O)Cc1cc(C)cc([C@@H]2CCC(=O)N2CCC(=O)OC(C)(C)C)c1C. The van der Waals surface area contributed by atoms with Crippen molar-refractivity contribution in [2.45, 2.75) is 71.3 Å². The number of ether oxygens (including phenoxy) is 1. The summed E-state index contributed by atoms with van der Waals surface area (Å²) in [5.41, 5.74) is 2.76. The van der Waals surface area contributed by atoms with Gasteiger partial charge in [-0.1, -0.05) is 17.7 Å². The van der Waals surface area contributed by atoms with Crippen molar-refractivity contribution in [2.24, 2.45) is 0 Å². The Bertz CT molecular complexity index is 885. The molecule has 0 aliphatic carbocycles. The lowest BCUT2D eigenvalue weighted by atomic mass is 9.93. The average Bonchev–Trinajstić information content (AvgIpc) is 2.94. The fourth-order valence-corrected chi connectivity index (χ4v) is 4.45. The van der Waals surface area contributed by atoms with E-state index in [2.05, 4.69) is 4.18 Å². The monoisotopic (exact) mass is 425 g/mol. The molecular formula is C21H31NO6S. The van der Waals surface area contributed by atoms with E-state index in [0.717, 1.165) is 23.8 Å². The van der Waals surface area contributed by atoms with Crippen molar-refractivity contribution < 1.29 is 26.9 Å². The fraction of sp³-hybridized carbons (Fsp3) is 0.619. The summed E-state index contributed by atoms with van der Waals surface area (Å²) >= 11 is 0. The molecule has 8 heteroatoms. The van der Waals surface area contributed by atoms with Crippen molar-refractivity contribution >= 4 is 22.0 Å². The number of nitrogens with zero attached hydrogens (tertiary/aromatic N) is 1. The largest absolute Gasteiger partial charge is 0.460 e. The maximum atomic E-state index is 12.5. The van der Waals surface area contributed by atoms with Gasteiger partial charge in [0.25, 0.3) is 10.1 Å². The van der Waals surface area contributed by atoms with E-state index in [0.29, 0.717) is 18.4 Å². The predicted octanol–water partition coefficient (Wildman–Crippen LogP) is 3.17. The van der Waals surface area contributed by atoms with Crippen LogP contribution < -0.4 is 0 Å². The number of hydrogen-bond acceptors (Lipinski definition) is 6. The second-order valence-electron chi connectivity index (χ2n) is 8.49. The first-order valence-electron chi connectivity index (χ1n) is 9.72. The van der Waals surface area contributed by atoms with Crippen LogP contribution >= 0.6 is 0 Å². The molecule has 7 nitrogen and oxygen atoms in total. The zero-order valence-corrected chi connectivity index (χ0v) is 18.9. The van der Waals surface area contributed by atoms with Gasteiger partial charge in [-0.05, 0) is 57.7 Å². The molecule has 1 aromatic rings. The number of carbonyl (C=O) groups excluding carboxylic acids is 2. The van der Waals surface area contributed by atoms with Crippen LogP contribution in [0.3, 0.4) is 0 Å². The van der Waals surface area contributed by atoms with Crippen LogP contribution in [-0.2, 0) is 34.4 Å². The number of amides is 1. The maximum Gasteiger partial charge on any atom is 0.308 e. The molecule has 1 atom stereocenters. The highest BCUT2D eigenvalue weighted by molar-refractivity contribution is 7.85. The predicted molar refractivity (Wildman–Crippen MR) is 110 cm³/mol. The number of aryl methyl sites for hydroxylation is 1. The zero-order valence-electron chi connectivity index (χ0n) is 18.1. The minimum Gasteiger partial charge on any atom is -0.460 e. The number of hydrogen-bond donors (Lipinski definition) is 0. The zero-order chi connectivity index (χ0) is 22.0. The Morgan fingerprint density at radius 3 is 2.48 bits per heavy atom. The van der Waals surface area contributed by atoms with Crippen molar-refractivity contribution in [2.75, 3.05) is 13.7 Å². The van der Waals surface area contributed by atoms with E-state index >= 15 is 0 Å². The molecular weight excluding hydrogens is 394 g/mol. The van der Waals surface area contributed by atoms with Gasteiger partial charge >= 0.3 is 5.97 Å². The van der Waals surface area contributed by atoms with Gasteiger partial charge in [-0.2, -0.15) is 8.42 Å². The summed E-state index contributed by atoms with van der Waals surface area (Å²) in [6.07, 6.45) is 1.15. The molecule has 0 radical (unpaired) electrons. The summed E-state index contributed by atoms with van der Waals surface area (Å²) in [5, 5.41) is 0. The van der Waals surface area contributed by atoms with E-state index in [1.54, 1.807) is 25.7 Å². The number of benzene rings is 1. The highest BCUT2D eigenvalue weighted by Gasteiger charge is 2.34. The number of rotatable bonds is 7. The van der Waals surface area contributed by atoms with Crippen LogP contribution in [0.2, 0.25) is 0 Å². The van der Waals surface area contributed by atoms with Gasteiger partial charge in [0.15, 0.2) is 0 Å². The Labute approximate surface area is 173 Å². The number of carbonyl (C=O) groups is 2. The van der Waals surface area contributed by atoms with E-state index in [4.69, 9.17) is 4.74 Å². The lowest BCUT2D eigenvalue weighted by Crippen LogP contribution is -2.32. The summed E-state index contributed by atoms with van der Waals surface area (Å²) in [4.78, 5) is 26.3. The van der Waals surface area contributed by atoms with E-state index in [1.807, 2.05) is 26.0 Å². The van der Waals surface area contributed by atoms with Crippen molar-refractivity contribution in [3.8, 4) is 0 Å². The molecule has 0 aromatic heterocycles. The van der Waals surface area contributed by atoms with Crippen LogP contribution in [0.25, 0.3) is 0 Å². The van der Waals surface area contributed by atoms with Gasteiger partial charge in [0.1, 0.15) is 11.4 Å². The Kier molecular flexibility index (Phi) is 7.11. The molecule has 0 spiro atoms. The second kappa shape index (κ2) is 8.83. The summed E-state index contributed by atoms with van der Waals surface area (Å²) in [7, 11) is -2.51. The maximum absolute atomic E-state index is 12.5. The highest BCUT2D eigenvalue weighted by Crippen LogP contribution is 2.36. The average molecular weight is 426 g/mol. The molecule has 1 saturated heterocycles. The first-order valence-corrected chi connectivity index (χ1v) is 11.3. The van der Waals surface area contributed by atoms with Crippen LogP contribution in [-0.4, -0.2) is 44.4 Å². The molecule has 1 aromatic carbocycles. The third kappa shape index (κ3) is 6.27. The summed E-state index contributed by atoms with van der Waals surface area (Å²) < 4.78 is 33.8. The van der Waals surface area contributed by atoms with Crippen molar-refractivity contribution in [1.29, 1.82) is 0 Å². The van der Waals surface area contributed by atoms with E-state index in [9.17, 15) is 18.0 Å². The van der Waals surface area contributed by atoms with E-state index < -0.39 is 15.7 Å². The number of esters is 1. The van der Waals surface area contributed by atoms with Gasteiger partial charge in [-0.25, -0.2) is 0 Å². The molecule has 1 amide bonds. The minimum atomic E-state index is -3.66. The van der Waals surface area contributed by atoms with Gasteiger partial charge in [0, 0.05) is 13.0 Å². The van der Waals surface area contributed by atoms with Crippen LogP contribution in [0.4, 0.5) is 0 Å². The molecule has 0 unspecified atom stereocenters. The Hall–Kier alpha value is -1.93. The van der Waals surface area contributed by atoms with Gasteiger partial charge < -0.3 is 9.64 Å². The molecule has 0 bridgehead atoms. The third-order valence-electron chi connectivity index (χ3n) is 4.95. The van der Waals surface area contributed by atoms with Gasteiger partial charge in [-0.3, -0.25) is 13.8 Å². The molecule has 1 aliphatic rings. The van der Waals surface area contributed by atoms with E-state index in [1.165, 1.54) is 0 Å². The topological polar surface area (TPSA) is 90.0 Å². The van der Waals surface area contributed by atoms with E-state index in [-0.39, 0.29) is 36.6 Å². The van der Waals surface area contributed by atoms with Gasteiger partial charge in [0.2, 0.25) is 5.91 Å². The quantitative estimate of drug-likeness (QED) is 0.492. The lowest BCUT2D eigenvalue weighted by Gasteiger charge is -2.28. The number of likely N-dealkylation sites (tertiary alicyclic amines) is 1. The van der Waals surface area contributed by atoms with Crippen LogP contribution in [0.15, 0.2) is 12.1 Å². The normalized spacial score (nSPS) is 17.7. The Morgan fingerprint density at radius 1 is 1.24 bits per heavy atom. The third-order valence-corrected chi connectivity index (χ3v) is 6.12. The van der Waals surface area contributed by atoms with Crippen molar-refractivity contribution in [3.05, 3.63) is 34.4 Å². The molecule has 1 heterocycles. The van der Waals surface area contributed by atoms with Crippen molar-refractivity contribution in [1.82, 2.24) is 4.90 Å². The minimum absolute atomic E-state index is 0.00877. The first-order chi connectivity index (χ1) is 13.3. The van der Waals surface area contributed by atoms with Crippen LogP contribution in [0.1, 0.15) is 68.3 Å². The molecule has 29 heavy (non-hydrogen) atoms. The smallest absolute Gasteiger partial charge is 0.308 e. The van der Waals surface area contributed by atoms with Crippen LogP contribution in [0.5, 0.6) is 0 Å². The first kappa shape index (κ1) is 23.3. The summed E-state index contributed by atoms with van der Waals surface area (Å²) in [6, 6.07) is 3.63. The lowest BCUT2D eigenvalue weighted by molar-refractivity contribution is -0.155. The molecule has 0 saturated carbocycles. The van der Waals surface area contributed by atoms with Crippen LogP contribution in [0, 0.1) is 13.8 Å². The van der Waals surface area contributed by atoms with Gasteiger partial charge in [-0.15, -0.1) is 0 Å². The molecule has 1 aliphatic heterocycles. The molecule has 2 rings (SSSR count). The second-order valence-corrected chi connectivity index (χ2v) is 10.2. The van der Waals surface area contributed by atoms with Gasteiger partial charge in [0.05, 0.1) is 19.6 Å². The Balaban J connectivity index is 2.26. The standard InChI is InChI=1S/C21H31NO6S/c1-14-11-16(13-29(25,26)27-6)15(2)17(12-14)18-7-8-19(23)22(18)10-9-20(24)28-21(3,4)5/h11-12,18H,7-10,13H2,1-6H3/t18-/m0/s1.